The van der Waals surface area contributed by atoms with Crippen LogP contribution in [0.5, 0.6) is 0 Å². The van der Waals surface area contributed by atoms with Crippen LogP contribution in [-0.2, 0) is 0 Å². The number of unbranched alkanes of at least 4 members (excludes halogenated alkanes) is 1. The molecule has 0 spiro atoms. The molecule has 1 aliphatic carbocycles. The fourth-order valence-electron chi connectivity index (χ4n) is 5.40. The maximum Gasteiger partial charge on any atom is 0.171 e. The summed E-state index contributed by atoms with van der Waals surface area (Å²) in [6, 6.07) is 1.14. The summed E-state index contributed by atoms with van der Waals surface area (Å²) in [4.78, 5) is 9.69. The molecule has 1 saturated heterocycles. The molecule has 2 aliphatic heterocycles. The third kappa shape index (κ3) is 7.10. The third-order valence-electron chi connectivity index (χ3n) is 7.61. The monoisotopic (exact) mass is 434 g/mol. The summed E-state index contributed by atoms with van der Waals surface area (Å²) < 4.78 is 0. The molecule has 0 radical (unpaired) electrons. The van der Waals surface area contributed by atoms with Crippen molar-refractivity contribution >= 4 is 23.2 Å². The van der Waals surface area contributed by atoms with Gasteiger partial charge in [0.15, 0.2) is 5.11 Å². The summed E-state index contributed by atoms with van der Waals surface area (Å²) in [6.45, 7) is 11.3. The van der Waals surface area contributed by atoms with Crippen molar-refractivity contribution in [3.63, 3.8) is 0 Å². The van der Waals surface area contributed by atoms with Gasteiger partial charge in [-0.1, -0.05) is 52.4 Å². The molecule has 0 aromatic carbocycles. The highest BCUT2D eigenvalue weighted by Crippen LogP contribution is 2.28. The van der Waals surface area contributed by atoms with Gasteiger partial charge in [-0.15, -0.1) is 0 Å². The number of hydrogen-bond acceptors (Lipinski definition) is 3. The maximum atomic E-state index is 5.85. The number of hydrogen-bond donors (Lipinski definition) is 1. The number of rotatable bonds is 12. The standard InChI is InChI=1S/C25H46N4S/c1-4-20(2)17-24-26-18-23(27-24)14-8-9-15-28-19-21(3)29(25(28)30)16-10-13-22-11-6-5-7-12-22/h20-23H,4-19H2,1-3H3,(H,26,27)/t20?,21-,23+/m1/s1. The predicted molar refractivity (Wildman–Crippen MR) is 133 cm³/mol. The topological polar surface area (TPSA) is 30.9 Å². The summed E-state index contributed by atoms with van der Waals surface area (Å²) in [7, 11) is 0. The Morgan fingerprint density at radius 3 is 2.67 bits per heavy atom. The fourth-order valence-corrected chi connectivity index (χ4v) is 5.83. The molecule has 30 heavy (non-hydrogen) atoms. The van der Waals surface area contributed by atoms with E-state index in [2.05, 4.69) is 35.9 Å². The SMILES string of the molecule is CCC(C)CC1=NC[C@H](CCCCN2C[C@@H](C)N(CCCC3CCCCC3)C2=S)N1. The first-order valence-electron chi connectivity index (χ1n) is 12.9. The molecule has 0 aromatic heterocycles. The van der Waals surface area contributed by atoms with Gasteiger partial charge in [-0.05, 0) is 63.1 Å². The van der Waals surface area contributed by atoms with Gasteiger partial charge < -0.3 is 15.1 Å². The van der Waals surface area contributed by atoms with Crippen molar-refractivity contribution in [1.29, 1.82) is 0 Å². The summed E-state index contributed by atoms with van der Waals surface area (Å²) >= 11 is 5.85. The van der Waals surface area contributed by atoms with E-state index >= 15 is 0 Å². The Bertz CT molecular complexity index is 557. The third-order valence-corrected chi connectivity index (χ3v) is 8.10. The van der Waals surface area contributed by atoms with Gasteiger partial charge >= 0.3 is 0 Å². The second-order valence-corrected chi connectivity index (χ2v) is 10.6. The van der Waals surface area contributed by atoms with Crippen LogP contribution in [0.2, 0.25) is 0 Å². The predicted octanol–water partition coefficient (Wildman–Crippen LogP) is 5.61. The highest BCUT2D eigenvalue weighted by atomic mass is 32.1. The second-order valence-electron chi connectivity index (χ2n) is 10.3. The van der Waals surface area contributed by atoms with E-state index in [1.54, 1.807) is 0 Å². The first-order chi connectivity index (χ1) is 14.6. The molecule has 0 amide bonds. The van der Waals surface area contributed by atoms with E-state index in [1.165, 1.54) is 76.5 Å². The van der Waals surface area contributed by atoms with Crippen LogP contribution in [-0.4, -0.2) is 59.0 Å². The highest BCUT2D eigenvalue weighted by molar-refractivity contribution is 7.80. The molecule has 0 bridgehead atoms. The van der Waals surface area contributed by atoms with Crippen molar-refractivity contribution in [2.75, 3.05) is 26.2 Å². The van der Waals surface area contributed by atoms with Gasteiger partial charge in [-0.3, -0.25) is 4.99 Å². The van der Waals surface area contributed by atoms with Gasteiger partial charge in [-0.2, -0.15) is 0 Å². The van der Waals surface area contributed by atoms with Crippen molar-refractivity contribution < 1.29 is 0 Å². The number of nitrogens with zero attached hydrogens (tertiary/aromatic N) is 3. The average Bonchev–Trinajstić information content (AvgIpc) is 3.30. The van der Waals surface area contributed by atoms with Gasteiger partial charge in [0.25, 0.3) is 0 Å². The lowest BCUT2D eigenvalue weighted by Crippen LogP contribution is -2.35. The van der Waals surface area contributed by atoms with E-state index < -0.39 is 0 Å². The van der Waals surface area contributed by atoms with Crippen LogP contribution in [0.25, 0.3) is 0 Å². The van der Waals surface area contributed by atoms with Crippen LogP contribution in [0, 0.1) is 11.8 Å². The van der Waals surface area contributed by atoms with E-state index in [0.717, 1.165) is 49.5 Å². The van der Waals surface area contributed by atoms with Crippen molar-refractivity contribution in [3.05, 3.63) is 0 Å². The second kappa shape index (κ2) is 12.3. The first kappa shape index (κ1) is 23.8. The Hall–Kier alpha value is -0.840. The Labute approximate surface area is 191 Å². The van der Waals surface area contributed by atoms with Gasteiger partial charge in [0.1, 0.15) is 0 Å². The van der Waals surface area contributed by atoms with E-state index in [9.17, 15) is 0 Å². The molecule has 0 aromatic rings. The molecule has 4 nitrogen and oxygen atoms in total. The van der Waals surface area contributed by atoms with Crippen LogP contribution >= 0.6 is 12.2 Å². The zero-order valence-electron chi connectivity index (χ0n) is 19.9. The Morgan fingerprint density at radius 2 is 1.90 bits per heavy atom. The number of thiocarbonyl (C=S) groups is 1. The van der Waals surface area contributed by atoms with Crippen molar-refractivity contribution in [2.45, 2.75) is 110 Å². The van der Waals surface area contributed by atoms with Gasteiger partial charge in [-0.25, -0.2) is 0 Å². The average molecular weight is 435 g/mol. The molecule has 3 atom stereocenters. The molecular formula is C25H46N4S. The molecule has 2 heterocycles. The Morgan fingerprint density at radius 1 is 1.10 bits per heavy atom. The maximum absolute atomic E-state index is 5.85. The van der Waals surface area contributed by atoms with Crippen LogP contribution in [0.1, 0.15) is 97.8 Å². The molecule has 5 heteroatoms. The van der Waals surface area contributed by atoms with Crippen LogP contribution in [0.3, 0.4) is 0 Å². The lowest BCUT2D eigenvalue weighted by molar-refractivity contribution is 0.301. The zero-order valence-corrected chi connectivity index (χ0v) is 20.7. The largest absolute Gasteiger partial charge is 0.369 e. The molecule has 3 aliphatic rings. The summed E-state index contributed by atoms with van der Waals surface area (Å²) in [5.74, 6) is 2.96. The van der Waals surface area contributed by atoms with E-state index in [0.29, 0.717) is 12.1 Å². The lowest BCUT2D eigenvalue weighted by atomic mass is 9.86. The van der Waals surface area contributed by atoms with E-state index in [-0.39, 0.29) is 0 Å². The van der Waals surface area contributed by atoms with Crippen molar-refractivity contribution in [3.8, 4) is 0 Å². The molecule has 1 unspecified atom stereocenters. The van der Waals surface area contributed by atoms with Crippen LogP contribution < -0.4 is 5.32 Å². The molecule has 1 N–H and O–H groups in total. The van der Waals surface area contributed by atoms with Gasteiger partial charge in [0.05, 0.1) is 12.4 Å². The molecule has 172 valence electrons. The van der Waals surface area contributed by atoms with Crippen molar-refractivity contribution in [1.82, 2.24) is 15.1 Å². The Kier molecular flexibility index (Phi) is 9.73. The zero-order chi connectivity index (χ0) is 21.3. The summed E-state index contributed by atoms with van der Waals surface area (Å²) in [6.07, 6.45) is 16.1. The first-order valence-corrected chi connectivity index (χ1v) is 13.3. The van der Waals surface area contributed by atoms with Gasteiger partial charge in [0, 0.05) is 38.1 Å². The highest BCUT2D eigenvalue weighted by Gasteiger charge is 2.30. The fraction of sp³-hybridized carbons (Fsp3) is 0.920. The molecule has 1 saturated carbocycles. The molecule has 3 rings (SSSR count). The summed E-state index contributed by atoms with van der Waals surface area (Å²) in [5, 5.41) is 4.78. The van der Waals surface area contributed by atoms with Gasteiger partial charge in [0.2, 0.25) is 0 Å². The van der Waals surface area contributed by atoms with E-state index in [1.807, 2.05) is 0 Å². The van der Waals surface area contributed by atoms with E-state index in [4.69, 9.17) is 17.2 Å². The minimum atomic E-state index is 0.560. The molecular weight excluding hydrogens is 388 g/mol. The summed E-state index contributed by atoms with van der Waals surface area (Å²) in [5.41, 5.74) is 0. The minimum Gasteiger partial charge on any atom is -0.369 e. The van der Waals surface area contributed by atoms with Crippen LogP contribution in [0.15, 0.2) is 4.99 Å². The smallest absolute Gasteiger partial charge is 0.171 e. The number of nitrogens with one attached hydrogen (secondary N) is 1. The van der Waals surface area contributed by atoms with Crippen molar-refractivity contribution in [2.24, 2.45) is 16.8 Å². The quantitative estimate of drug-likeness (QED) is 0.319. The Balaban J connectivity index is 1.27. The van der Waals surface area contributed by atoms with Crippen LogP contribution in [0.4, 0.5) is 0 Å². The number of aliphatic imine (C=N–C) groups is 1. The number of amidine groups is 1. The lowest BCUT2D eigenvalue weighted by Gasteiger charge is -2.26. The molecule has 2 fully saturated rings. The normalized spacial score (nSPS) is 26.2. The minimum absolute atomic E-state index is 0.560.